The summed E-state index contributed by atoms with van der Waals surface area (Å²) in [6.07, 6.45) is 3.21. The molecule has 1 aliphatic rings. The number of nitrogens with one attached hydrogen (secondary N) is 1. The Hall–Kier alpha value is -0.640. The van der Waals surface area contributed by atoms with Gasteiger partial charge in [0.15, 0.2) is 0 Å². The zero-order chi connectivity index (χ0) is 13.8. The topological polar surface area (TPSA) is 15.3 Å². The van der Waals surface area contributed by atoms with Crippen LogP contribution in [0.5, 0.6) is 0 Å². The van der Waals surface area contributed by atoms with Crippen LogP contribution in [0.4, 0.5) is 0 Å². The SMILES string of the molecule is C=CCN1[C@H](CC)[C@H](c2ccc(Br)cc2)[C@@H]1CNC. The summed E-state index contributed by atoms with van der Waals surface area (Å²) in [5.74, 6) is 0.630. The standard InChI is InChI=1S/C16H23BrN2/c1-4-10-19-14(5-2)16(15(19)11-18-3)12-6-8-13(17)9-7-12/h4,6-9,14-16,18H,1,5,10-11H2,2-3H3/t14-,15+,16+/m1/s1. The molecule has 1 aromatic carbocycles. The molecule has 0 radical (unpaired) electrons. The fraction of sp³-hybridized carbons (Fsp3) is 0.500. The third-order valence-corrected chi connectivity index (χ3v) is 4.64. The molecule has 1 aromatic rings. The smallest absolute Gasteiger partial charge is 0.0310 e. The monoisotopic (exact) mass is 322 g/mol. The van der Waals surface area contributed by atoms with E-state index in [1.165, 1.54) is 12.0 Å². The first-order chi connectivity index (χ1) is 9.22. The molecule has 0 aliphatic carbocycles. The molecule has 104 valence electrons. The van der Waals surface area contributed by atoms with Gasteiger partial charge in [-0.1, -0.05) is 41.1 Å². The minimum Gasteiger partial charge on any atom is -0.318 e. The summed E-state index contributed by atoms with van der Waals surface area (Å²) in [7, 11) is 2.03. The van der Waals surface area contributed by atoms with Gasteiger partial charge in [-0.05, 0) is 31.2 Å². The van der Waals surface area contributed by atoms with Crippen LogP contribution in [0.1, 0.15) is 24.8 Å². The fourth-order valence-electron chi connectivity index (χ4n) is 3.30. The molecule has 1 fully saturated rings. The minimum atomic E-state index is 0.578. The van der Waals surface area contributed by atoms with Crippen LogP contribution in [0.25, 0.3) is 0 Å². The van der Waals surface area contributed by atoms with Crippen LogP contribution in [0.15, 0.2) is 41.4 Å². The Morgan fingerprint density at radius 1 is 1.32 bits per heavy atom. The molecular weight excluding hydrogens is 300 g/mol. The Morgan fingerprint density at radius 2 is 2.00 bits per heavy atom. The Labute approximate surface area is 125 Å². The lowest BCUT2D eigenvalue weighted by Gasteiger charge is -2.55. The van der Waals surface area contributed by atoms with Gasteiger partial charge >= 0.3 is 0 Å². The molecule has 0 bridgehead atoms. The maximum absolute atomic E-state index is 3.89. The molecule has 1 aliphatic heterocycles. The maximum atomic E-state index is 3.89. The summed E-state index contributed by atoms with van der Waals surface area (Å²) >= 11 is 3.51. The molecule has 19 heavy (non-hydrogen) atoms. The van der Waals surface area contributed by atoms with Crippen molar-refractivity contribution < 1.29 is 0 Å². The molecule has 1 saturated heterocycles. The number of nitrogens with zero attached hydrogens (tertiary/aromatic N) is 1. The van der Waals surface area contributed by atoms with E-state index in [9.17, 15) is 0 Å². The molecule has 0 amide bonds. The molecule has 0 saturated carbocycles. The fourth-order valence-corrected chi connectivity index (χ4v) is 3.57. The molecule has 3 atom stereocenters. The number of benzene rings is 1. The minimum absolute atomic E-state index is 0.578. The van der Waals surface area contributed by atoms with E-state index in [1.807, 2.05) is 13.1 Å². The van der Waals surface area contributed by atoms with Gasteiger partial charge in [0.2, 0.25) is 0 Å². The normalized spacial score (nSPS) is 27.0. The van der Waals surface area contributed by atoms with Gasteiger partial charge in [-0.25, -0.2) is 0 Å². The van der Waals surface area contributed by atoms with E-state index in [-0.39, 0.29) is 0 Å². The highest BCUT2D eigenvalue weighted by atomic mass is 79.9. The van der Waals surface area contributed by atoms with Crippen molar-refractivity contribution in [1.29, 1.82) is 0 Å². The zero-order valence-electron chi connectivity index (χ0n) is 11.8. The predicted octanol–water partition coefficient (Wildman–Crippen LogP) is 3.40. The Bertz CT molecular complexity index is 415. The first-order valence-corrected chi connectivity index (χ1v) is 7.78. The molecule has 0 unspecified atom stereocenters. The van der Waals surface area contributed by atoms with Gasteiger partial charge in [0.25, 0.3) is 0 Å². The summed E-state index contributed by atoms with van der Waals surface area (Å²) in [6.45, 7) is 8.18. The van der Waals surface area contributed by atoms with Gasteiger partial charge in [0.05, 0.1) is 0 Å². The number of hydrogen-bond donors (Lipinski definition) is 1. The average molecular weight is 323 g/mol. The second-order valence-electron chi connectivity index (χ2n) is 5.16. The van der Waals surface area contributed by atoms with Crippen molar-refractivity contribution >= 4 is 15.9 Å². The van der Waals surface area contributed by atoms with Crippen LogP contribution < -0.4 is 5.32 Å². The summed E-state index contributed by atoms with van der Waals surface area (Å²) in [5.41, 5.74) is 1.45. The van der Waals surface area contributed by atoms with Crippen LogP contribution in [0.3, 0.4) is 0 Å². The van der Waals surface area contributed by atoms with E-state index in [0.29, 0.717) is 18.0 Å². The van der Waals surface area contributed by atoms with E-state index in [2.05, 4.69) is 63.9 Å². The summed E-state index contributed by atoms with van der Waals surface area (Å²) in [6, 6.07) is 10.0. The van der Waals surface area contributed by atoms with Gasteiger partial charge < -0.3 is 5.32 Å². The highest BCUT2D eigenvalue weighted by molar-refractivity contribution is 9.10. The lowest BCUT2D eigenvalue weighted by molar-refractivity contribution is -0.00441. The summed E-state index contributed by atoms with van der Waals surface area (Å²) in [4.78, 5) is 2.57. The van der Waals surface area contributed by atoms with Crippen molar-refractivity contribution in [3.05, 3.63) is 47.0 Å². The number of halogens is 1. The molecule has 2 nitrogen and oxygen atoms in total. The van der Waals surface area contributed by atoms with Crippen LogP contribution in [0, 0.1) is 0 Å². The van der Waals surface area contributed by atoms with E-state index >= 15 is 0 Å². The van der Waals surface area contributed by atoms with Crippen molar-refractivity contribution in [1.82, 2.24) is 10.2 Å². The van der Waals surface area contributed by atoms with Gasteiger partial charge in [0.1, 0.15) is 0 Å². The van der Waals surface area contributed by atoms with Crippen LogP contribution in [-0.4, -0.2) is 37.1 Å². The summed E-state index contributed by atoms with van der Waals surface area (Å²) in [5, 5.41) is 3.33. The van der Waals surface area contributed by atoms with Crippen LogP contribution >= 0.6 is 15.9 Å². The lowest BCUT2D eigenvalue weighted by Crippen LogP contribution is -2.64. The van der Waals surface area contributed by atoms with Gasteiger partial charge in [0, 0.05) is 35.6 Å². The number of hydrogen-bond acceptors (Lipinski definition) is 2. The molecule has 1 N–H and O–H groups in total. The van der Waals surface area contributed by atoms with Gasteiger partial charge in [-0.15, -0.1) is 6.58 Å². The Kier molecular flexibility index (Phi) is 5.20. The third kappa shape index (κ3) is 2.93. The maximum Gasteiger partial charge on any atom is 0.0310 e. The highest BCUT2D eigenvalue weighted by Crippen LogP contribution is 2.42. The van der Waals surface area contributed by atoms with Crippen LogP contribution in [-0.2, 0) is 0 Å². The van der Waals surface area contributed by atoms with Crippen molar-refractivity contribution in [3.63, 3.8) is 0 Å². The van der Waals surface area contributed by atoms with Gasteiger partial charge in [-0.3, -0.25) is 4.90 Å². The molecule has 3 heteroatoms. The van der Waals surface area contributed by atoms with E-state index in [0.717, 1.165) is 17.6 Å². The van der Waals surface area contributed by atoms with Crippen LogP contribution in [0.2, 0.25) is 0 Å². The Balaban J connectivity index is 2.20. The van der Waals surface area contributed by atoms with Crippen molar-refractivity contribution in [2.24, 2.45) is 0 Å². The molecule has 2 rings (SSSR count). The Morgan fingerprint density at radius 3 is 2.53 bits per heavy atom. The molecule has 0 aromatic heterocycles. The van der Waals surface area contributed by atoms with Gasteiger partial charge in [-0.2, -0.15) is 0 Å². The first-order valence-electron chi connectivity index (χ1n) is 6.99. The quantitative estimate of drug-likeness (QED) is 0.807. The summed E-state index contributed by atoms with van der Waals surface area (Å²) < 4.78 is 1.15. The van der Waals surface area contributed by atoms with Crippen molar-refractivity contribution in [3.8, 4) is 0 Å². The zero-order valence-corrected chi connectivity index (χ0v) is 13.4. The molecule has 1 heterocycles. The average Bonchev–Trinajstić information content (AvgIpc) is 2.41. The highest BCUT2D eigenvalue weighted by Gasteiger charge is 2.46. The lowest BCUT2D eigenvalue weighted by atomic mass is 9.73. The second kappa shape index (κ2) is 6.69. The second-order valence-corrected chi connectivity index (χ2v) is 6.08. The first kappa shape index (κ1) is 14.8. The van der Waals surface area contributed by atoms with E-state index in [1.54, 1.807) is 0 Å². The number of rotatable bonds is 6. The molecule has 0 spiro atoms. The molecular formula is C16H23BrN2. The largest absolute Gasteiger partial charge is 0.318 e. The number of likely N-dealkylation sites (N-methyl/N-ethyl adjacent to an activating group) is 1. The van der Waals surface area contributed by atoms with E-state index < -0.39 is 0 Å². The predicted molar refractivity (Wildman–Crippen MR) is 85.6 cm³/mol. The third-order valence-electron chi connectivity index (χ3n) is 4.11. The van der Waals surface area contributed by atoms with Crippen molar-refractivity contribution in [2.45, 2.75) is 31.3 Å². The number of likely N-dealkylation sites (tertiary alicyclic amines) is 1. The van der Waals surface area contributed by atoms with E-state index in [4.69, 9.17) is 0 Å². The van der Waals surface area contributed by atoms with Crippen molar-refractivity contribution in [2.75, 3.05) is 20.1 Å².